The predicted octanol–water partition coefficient (Wildman–Crippen LogP) is -6.67. The van der Waals surface area contributed by atoms with E-state index in [1.807, 2.05) is 19.4 Å². The minimum absolute atomic E-state index is 0. The molecule has 12 nitrogen and oxygen atoms in total. The topological polar surface area (TPSA) is 196 Å². The summed E-state index contributed by atoms with van der Waals surface area (Å²) < 4.78 is 65.9. The van der Waals surface area contributed by atoms with Crippen molar-refractivity contribution < 1.29 is 68.1 Å². The number of quaternary nitrogens is 1. The Morgan fingerprint density at radius 3 is 0.630 bits per heavy atom. The van der Waals surface area contributed by atoms with Crippen molar-refractivity contribution in [3.8, 4) is 0 Å². The van der Waals surface area contributed by atoms with Gasteiger partial charge in [0, 0.05) is 0 Å². The Labute approximate surface area is 162 Å². The monoisotopic (exact) mass is 427 g/mol. The zero-order valence-electron chi connectivity index (χ0n) is 16.0. The predicted molar refractivity (Wildman–Crippen MR) is 82.3 cm³/mol. The lowest BCUT2D eigenvalue weighted by atomic mass is 10.6. The maximum atomic E-state index is 8.49. The van der Waals surface area contributed by atoms with Gasteiger partial charge in [0.15, 0.2) is 0 Å². The van der Waals surface area contributed by atoms with Crippen LogP contribution >= 0.6 is 0 Å². The molecule has 1 aliphatic heterocycles. The second-order valence-corrected chi connectivity index (χ2v) is 5.39. The molecular weight excluding hydrogens is 394 g/mol. The molecule has 4 N–H and O–H groups in total. The maximum Gasteiger partial charge on any atom is 0.0701 e. The molecule has 1 fully saturated rings. The first-order chi connectivity index (χ1) is 12.4. The van der Waals surface area contributed by atoms with Gasteiger partial charge in [-0.15, -0.1) is 10.2 Å². The number of ether oxygens (including phenoxy) is 6. The van der Waals surface area contributed by atoms with Crippen molar-refractivity contribution in [2.45, 2.75) is 0 Å². The normalized spacial score (nSPS) is 18.9. The van der Waals surface area contributed by atoms with Gasteiger partial charge in [0.05, 0.1) is 93.4 Å². The van der Waals surface area contributed by atoms with Crippen LogP contribution in [0.5, 0.6) is 0 Å². The van der Waals surface area contributed by atoms with Crippen LogP contribution in [0.15, 0.2) is 0 Å². The van der Waals surface area contributed by atoms with Crippen LogP contribution in [0.3, 0.4) is 0 Å². The average molecular weight is 428 g/mol. The van der Waals surface area contributed by atoms with E-state index in [-0.39, 0.29) is 5.48 Å². The van der Waals surface area contributed by atoms with Gasteiger partial charge in [-0.05, 0) is 0 Å². The van der Waals surface area contributed by atoms with E-state index in [1.165, 1.54) is 0 Å². The Morgan fingerprint density at radius 1 is 0.481 bits per heavy atom. The van der Waals surface area contributed by atoms with Crippen LogP contribution in [0.25, 0.3) is 0 Å². The summed E-state index contributed by atoms with van der Waals surface area (Å²) >= 11 is 0. The quantitative estimate of drug-likeness (QED) is 0.387. The summed E-state index contributed by atoms with van der Waals surface area (Å²) in [5.41, 5.74) is 0. The lowest BCUT2D eigenvalue weighted by Gasteiger charge is -2.17. The summed E-state index contributed by atoms with van der Waals surface area (Å²) in [6, 6.07) is 0. The fourth-order valence-electron chi connectivity index (χ4n) is 1.32. The van der Waals surface area contributed by atoms with Crippen LogP contribution in [-0.4, -0.2) is 98.9 Å². The van der Waals surface area contributed by atoms with Gasteiger partial charge >= 0.3 is 0 Å². The van der Waals surface area contributed by atoms with Gasteiger partial charge in [0.2, 0.25) is 0 Å². The van der Waals surface area contributed by atoms with Crippen molar-refractivity contribution in [2.24, 2.45) is 0 Å². The van der Waals surface area contributed by atoms with E-state index in [4.69, 9.17) is 47.1 Å². The second kappa shape index (κ2) is 25.8. The molecule has 1 saturated heterocycles. The number of rotatable bonds is 0. The Morgan fingerprint density at radius 2 is 0.556 bits per heavy atom. The molecular formula is C14H34ClNO11. The summed E-state index contributed by atoms with van der Waals surface area (Å²) in [6.07, 6.45) is 0. The van der Waals surface area contributed by atoms with Gasteiger partial charge in [0.25, 0.3) is 0 Å². The molecule has 1 heterocycles. The Balaban J connectivity index is -0.000000544. The molecule has 0 aromatic carbocycles. The maximum absolute atomic E-state index is 8.49. The average Bonchev–Trinajstić information content (AvgIpc) is 2.54. The second-order valence-electron chi connectivity index (χ2n) is 4.63. The smallest absolute Gasteiger partial charge is 0.0701 e. The van der Waals surface area contributed by atoms with E-state index in [2.05, 4.69) is 0 Å². The SMILES string of the molecule is C1COCCOCCOCCOCCOCCO1.C[NH2+]C.O.[O-][Cl+3]([O-])([O-])[O-]. The standard InChI is InChI=1S/C12H24O6.C2H7N.ClHO4.H2O/c1-2-14-5-6-16-9-10-18-12-11-17-8-7-15-4-3-13-1;1-3-2;2-1(3,4)5;/h1-12H2;3H,1-2H3;(H,2,3,4,5);1H2. The van der Waals surface area contributed by atoms with E-state index in [0.29, 0.717) is 79.3 Å². The van der Waals surface area contributed by atoms with E-state index >= 15 is 0 Å². The molecule has 13 heteroatoms. The van der Waals surface area contributed by atoms with E-state index in [0.717, 1.165) is 0 Å². The number of hydrogen-bond acceptors (Lipinski definition) is 10. The molecule has 0 unspecified atom stereocenters. The van der Waals surface area contributed by atoms with Crippen LogP contribution in [0, 0.1) is 10.2 Å². The van der Waals surface area contributed by atoms with Crippen molar-refractivity contribution in [3.63, 3.8) is 0 Å². The summed E-state index contributed by atoms with van der Waals surface area (Å²) in [7, 11) is -0.944. The van der Waals surface area contributed by atoms with E-state index < -0.39 is 10.2 Å². The van der Waals surface area contributed by atoms with Crippen molar-refractivity contribution in [1.29, 1.82) is 0 Å². The first-order valence-electron chi connectivity index (χ1n) is 8.24. The first kappa shape index (κ1) is 31.5. The zero-order valence-corrected chi connectivity index (χ0v) is 16.8. The highest BCUT2D eigenvalue weighted by atomic mass is 35.7. The van der Waals surface area contributed by atoms with Crippen molar-refractivity contribution in [3.05, 3.63) is 0 Å². The van der Waals surface area contributed by atoms with Crippen molar-refractivity contribution in [1.82, 2.24) is 0 Å². The van der Waals surface area contributed by atoms with E-state index in [9.17, 15) is 0 Å². The third kappa shape index (κ3) is 46.1. The molecule has 1 aliphatic rings. The van der Waals surface area contributed by atoms with Crippen LogP contribution in [0.1, 0.15) is 0 Å². The van der Waals surface area contributed by atoms with Crippen molar-refractivity contribution >= 4 is 0 Å². The van der Waals surface area contributed by atoms with Gasteiger partial charge in [-0.1, -0.05) is 0 Å². The first-order valence-corrected chi connectivity index (χ1v) is 9.47. The highest BCUT2D eigenvalue weighted by molar-refractivity contribution is 4.38. The molecule has 0 atom stereocenters. The molecule has 0 spiro atoms. The molecule has 168 valence electrons. The molecule has 0 aliphatic carbocycles. The van der Waals surface area contributed by atoms with Crippen molar-refractivity contribution in [2.75, 3.05) is 93.4 Å². The Bertz CT molecular complexity index is 179. The fraction of sp³-hybridized carbons (Fsp3) is 1.00. The molecule has 27 heavy (non-hydrogen) atoms. The summed E-state index contributed by atoms with van der Waals surface area (Å²) in [5.74, 6) is 0. The zero-order chi connectivity index (χ0) is 19.9. The van der Waals surface area contributed by atoms with Crippen LogP contribution in [0.4, 0.5) is 0 Å². The highest BCUT2D eigenvalue weighted by Gasteiger charge is 1.95. The van der Waals surface area contributed by atoms with Gasteiger partial charge in [-0.3, -0.25) is 0 Å². The molecule has 0 aromatic heterocycles. The lowest BCUT2D eigenvalue weighted by Crippen LogP contribution is -2.74. The molecule has 0 bridgehead atoms. The third-order valence-electron chi connectivity index (χ3n) is 2.23. The van der Waals surface area contributed by atoms with Gasteiger partial charge in [0.1, 0.15) is 0 Å². The van der Waals surface area contributed by atoms with Crippen LogP contribution in [-0.2, 0) is 28.4 Å². The summed E-state index contributed by atoms with van der Waals surface area (Å²) in [4.78, 5) is 0. The minimum Gasteiger partial charge on any atom is -0.412 e. The fourth-order valence-corrected chi connectivity index (χ4v) is 1.32. The van der Waals surface area contributed by atoms with Gasteiger partial charge in [-0.25, -0.2) is 18.6 Å². The van der Waals surface area contributed by atoms with Crippen LogP contribution in [0.2, 0.25) is 0 Å². The third-order valence-corrected chi connectivity index (χ3v) is 2.23. The largest absolute Gasteiger partial charge is 0.412 e. The summed E-state index contributed by atoms with van der Waals surface area (Å²) in [5, 5.41) is 2.00. The number of hydrogen-bond donors (Lipinski definition) is 1. The number of nitrogens with two attached hydrogens (primary N) is 1. The van der Waals surface area contributed by atoms with Gasteiger partial charge in [-0.2, -0.15) is 0 Å². The van der Waals surface area contributed by atoms with E-state index in [1.54, 1.807) is 0 Å². The Kier molecular flexibility index (Phi) is 30.1. The highest BCUT2D eigenvalue weighted by Crippen LogP contribution is 1.86. The Hall–Kier alpha value is -0.190. The molecule has 0 amide bonds. The molecule has 0 saturated carbocycles. The van der Waals surface area contributed by atoms with Gasteiger partial charge < -0.3 is 39.2 Å². The molecule has 1 rings (SSSR count). The number of halogens is 1. The molecule has 0 aromatic rings. The lowest BCUT2D eigenvalue weighted by molar-refractivity contribution is -2.00. The minimum atomic E-state index is -4.94. The summed E-state index contributed by atoms with van der Waals surface area (Å²) in [6.45, 7) is 7.04. The van der Waals surface area contributed by atoms with Crippen LogP contribution < -0.4 is 24.0 Å². The molecule has 0 radical (unpaired) electrons.